The zero-order chi connectivity index (χ0) is 15.8. The molecule has 0 unspecified atom stereocenters. The monoisotopic (exact) mass is 311 g/mol. The summed E-state index contributed by atoms with van der Waals surface area (Å²) in [6, 6.07) is 13.6. The Morgan fingerprint density at radius 3 is 2.65 bits per heavy atom. The lowest BCUT2D eigenvalue weighted by Gasteiger charge is -2.06. The Morgan fingerprint density at radius 1 is 1.13 bits per heavy atom. The van der Waals surface area contributed by atoms with Gasteiger partial charge in [-0.15, -0.1) is 0 Å². The van der Waals surface area contributed by atoms with Crippen LogP contribution < -0.4 is 14.2 Å². The molecule has 2 aromatic carbocycles. The lowest BCUT2D eigenvalue weighted by Crippen LogP contribution is -2.05. The van der Waals surface area contributed by atoms with Crippen LogP contribution in [0.3, 0.4) is 0 Å². The van der Waals surface area contributed by atoms with E-state index >= 15 is 0 Å². The van der Waals surface area contributed by atoms with E-state index in [0.717, 1.165) is 34.9 Å². The fourth-order valence-corrected chi connectivity index (χ4v) is 3.12. The molecule has 2 aromatic rings. The maximum absolute atomic E-state index is 9.45. The summed E-state index contributed by atoms with van der Waals surface area (Å²) in [7, 11) is 1.63. The Bertz CT molecular complexity index is 754. The Kier molecular flexibility index (Phi) is 3.33. The van der Waals surface area contributed by atoms with Crippen molar-refractivity contribution in [2.75, 3.05) is 13.9 Å². The van der Waals surface area contributed by atoms with Crippen LogP contribution >= 0.6 is 0 Å². The summed E-state index contributed by atoms with van der Waals surface area (Å²) in [5.74, 6) is 2.93. The number of ether oxygens (including phenoxy) is 3. The highest BCUT2D eigenvalue weighted by Gasteiger charge is 2.43. The average Bonchev–Trinajstić information content (AvgIpc) is 3.23. The van der Waals surface area contributed by atoms with Gasteiger partial charge in [0.2, 0.25) is 6.79 Å². The second-order valence-corrected chi connectivity index (χ2v) is 5.78. The van der Waals surface area contributed by atoms with Gasteiger partial charge in [0.05, 0.1) is 12.8 Å². The van der Waals surface area contributed by atoms with Crippen molar-refractivity contribution in [1.82, 2.24) is 0 Å². The molecule has 1 N–H and O–H groups in total. The first-order chi connectivity index (χ1) is 11.3. The smallest absolute Gasteiger partial charge is 0.231 e. The Balaban J connectivity index is 1.54. The van der Waals surface area contributed by atoms with Crippen LogP contribution in [0.1, 0.15) is 23.5 Å². The maximum atomic E-state index is 9.45. The number of oxime groups is 1. The van der Waals surface area contributed by atoms with Crippen molar-refractivity contribution in [3.8, 4) is 17.2 Å². The SMILES string of the molecule is COc1ccc(/C(=N\O)[C@@H]2C[C@@H]2c2ccc3c(c2)OCO3)cc1. The number of benzene rings is 2. The highest BCUT2D eigenvalue weighted by molar-refractivity contribution is 6.04. The largest absolute Gasteiger partial charge is 0.497 e. The van der Waals surface area contributed by atoms with E-state index in [1.165, 1.54) is 5.56 Å². The standard InChI is InChI=1S/C18H17NO4/c1-21-13-5-2-11(3-6-13)18(19-20)15-9-14(15)12-4-7-16-17(8-12)23-10-22-16/h2-8,14-15,20H,9-10H2,1H3/b19-18+/t14-,15-/m1/s1. The summed E-state index contributed by atoms with van der Waals surface area (Å²) in [5, 5.41) is 13.0. The maximum Gasteiger partial charge on any atom is 0.231 e. The second kappa shape index (κ2) is 5.50. The summed E-state index contributed by atoms with van der Waals surface area (Å²) < 4.78 is 15.9. The number of nitrogens with zero attached hydrogens (tertiary/aromatic N) is 1. The predicted octanol–water partition coefficient (Wildman–Crippen LogP) is 3.41. The van der Waals surface area contributed by atoms with Gasteiger partial charge in [-0.3, -0.25) is 0 Å². The van der Waals surface area contributed by atoms with Crippen molar-refractivity contribution in [2.45, 2.75) is 12.3 Å². The molecule has 118 valence electrons. The molecule has 0 aromatic heterocycles. The van der Waals surface area contributed by atoms with Crippen molar-refractivity contribution < 1.29 is 19.4 Å². The zero-order valence-electron chi connectivity index (χ0n) is 12.7. The van der Waals surface area contributed by atoms with Crippen molar-refractivity contribution in [3.63, 3.8) is 0 Å². The number of methoxy groups -OCH3 is 1. The summed E-state index contributed by atoms with van der Waals surface area (Å²) in [6.07, 6.45) is 0.963. The molecule has 1 fully saturated rings. The molecule has 2 aliphatic rings. The summed E-state index contributed by atoms with van der Waals surface area (Å²) in [5.41, 5.74) is 2.82. The molecule has 23 heavy (non-hydrogen) atoms. The molecule has 1 heterocycles. The van der Waals surface area contributed by atoms with Gasteiger partial charge in [-0.05, 0) is 59.9 Å². The first kappa shape index (κ1) is 13.9. The number of rotatable bonds is 4. The van der Waals surface area contributed by atoms with Crippen LogP contribution in [0.25, 0.3) is 0 Å². The predicted molar refractivity (Wildman–Crippen MR) is 84.7 cm³/mol. The van der Waals surface area contributed by atoms with E-state index in [4.69, 9.17) is 14.2 Å². The molecule has 0 amide bonds. The molecular weight excluding hydrogens is 294 g/mol. The minimum absolute atomic E-state index is 0.216. The molecule has 5 nitrogen and oxygen atoms in total. The molecule has 1 aliphatic heterocycles. The zero-order valence-corrected chi connectivity index (χ0v) is 12.7. The minimum Gasteiger partial charge on any atom is -0.497 e. The van der Waals surface area contributed by atoms with Gasteiger partial charge in [-0.25, -0.2) is 0 Å². The number of hydrogen-bond donors (Lipinski definition) is 1. The molecule has 0 spiro atoms. The van der Waals surface area contributed by atoms with E-state index in [9.17, 15) is 5.21 Å². The summed E-state index contributed by atoms with van der Waals surface area (Å²) in [4.78, 5) is 0. The van der Waals surface area contributed by atoms with Gasteiger partial charge in [-0.2, -0.15) is 0 Å². The highest BCUT2D eigenvalue weighted by atomic mass is 16.7. The Hall–Kier alpha value is -2.69. The molecule has 4 rings (SSSR count). The van der Waals surface area contributed by atoms with Crippen LogP contribution in [0.15, 0.2) is 47.6 Å². The van der Waals surface area contributed by atoms with Crippen LogP contribution in [-0.2, 0) is 0 Å². The van der Waals surface area contributed by atoms with E-state index in [1.807, 2.05) is 36.4 Å². The molecule has 2 atom stereocenters. The van der Waals surface area contributed by atoms with Crippen molar-refractivity contribution >= 4 is 5.71 Å². The van der Waals surface area contributed by atoms with E-state index < -0.39 is 0 Å². The molecular formula is C18H17NO4. The lowest BCUT2D eigenvalue weighted by atomic mass is 10.0. The van der Waals surface area contributed by atoms with Gasteiger partial charge in [-0.1, -0.05) is 11.2 Å². The minimum atomic E-state index is 0.216. The number of fused-ring (bicyclic) bond motifs is 1. The van der Waals surface area contributed by atoms with Crippen molar-refractivity contribution in [1.29, 1.82) is 0 Å². The van der Waals surface area contributed by atoms with Gasteiger partial charge >= 0.3 is 0 Å². The molecule has 0 radical (unpaired) electrons. The third-order valence-corrected chi connectivity index (χ3v) is 4.46. The van der Waals surface area contributed by atoms with E-state index in [2.05, 4.69) is 11.2 Å². The van der Waals surface area contributed by atoms with Crippen LogP contribution in [0, 0.1) is 5.92 Å². The van der Waals surface area contributed by atoms with Gasteiger partial charge in [0.15, 0.2) is 11.5 Å². The van der Waals surface area contributed by atoms with E-state index in [-0.39, 0.29) is 12.7 Å². The van der Waals surface area contributed by atoms with Crippen LogP contribution in [0.4, 0.5) is 0 Å². The van der Waals surface area contributed by atoms with E-state index in [1.54, 1.807) is 7.11 Å². The fourth-order valence-electron chi connectivity index (χ4n) is 3.12. The quantitative estimate of drug-likeness (QED) is 0.534. The van der Waals surface area contributed by atoms with Crippen LogP contribution in [0.2, 0.25) is 0 Å². The van der Waals surface area contributed by atoms with Gasteiger partial charge in [0.25, 0.3) is 0 Å². The Morgan fingerprint density at radius 2 is 1.91 bits per heavy atom. The molecule has 5 heteroatoms. The first-order valence-corrected chi connectivity index (χ1v) is 7.56. The highest BCUT2D eigenvalue weighted by Crippen LogP contribution is 2.51. The summed E-state index contributed by atoms with van der Waals surface area (Å²) in [6.45, 7) is 0.280. The van der Waals surface area contributed by atoms with Gasteiger partial charge in [0.1, 0.15) is 5.75 Å². The number of hydrogen-bond acceptors (Lipinski definition) is 5. The molecule has 0 bridgehead atoms. The topological polar surface area (TPSA) is 60.3 Å². The van der Waals surface area contributed by atoms with Crippen LogP contribution in [-0.4, -0.2) is 24.8 Å². The average molecular weight is 311 g/mol. The van der Waals surface area contributed by atoms with E-state index in [0.29, 0.717) is 5.92 Å². The van der Waals surface area contributed by atoms with Crippen LogP contribution in [0.5, 0.6) is 17.2 Å². The fraction of sp³-hybridized carbons (Fsp3) is 0.278. The van der Waals surface area contributed by atoms with Gasteiger partial charge < -0.3 is 19.4 Å². The first-order valence-electron chi connectivity index (χ1n) is 7.56. The molecule has 1 saturated carbocycles. The Labute approximate surface area is 134 Å². The second-order valence-electron chi connectivity index (χ2n) is 5.78. The third kappa shape index (κ3) is 2.48. The third-order valence-electron chi connectivity index (χ3n) is 4.46. The lowest BCUT2D eigenvalue weighted by molar-refractivity contribution is 0.174. The summed E-state index contributed by atoms with van der Waals surface area (Å²) >= 11 is 0. The van der Waals surface area contributed by atoms with Gasteiger partial charge in [0, 0.05) is 5.92 Å². The van der Waals surface area contributed by atoms with Crippen molar-refractivity contribution in [3.05, 3.63) is 53.6 Å². The van der Waals surface area contributed by atoms with Crippen molar-refractivity contribution in [2.24, 2.45) is 11.1 Å². The molecule has 1 aliphatic carbocycles. The molecule has 0 saturated heterocycles. The normalized spacial score (nSPS) is 22.0.